The van der Waals surface area contributed by atoms with Gasteiger partial charge < -0.3 is 5.32 Å². The molecule has 0 aliphatic carbocycles. The monoisotopic (exact) mass is 174 g/mol. The van der Waals surface area contributed by atoms with Gasteiger partial charge in [-0.25, -0.2) is 9.97 Å². The first-order valence-electron chi connectivity index (χ1n) is 4.18. The van der Waals surface area contributed by atoms with Crippen LogP contribution in [0.1, 0.15) is 14.6 Å². The summed E-state index contributed by atoms with van der Waals surface area (Å²) in [4.78, 5) is 18.3. The Morgan fingerprint density at radius 1 is 1.82 bits per heavy atom. The third-order valence-electron chi connectivity index (χ3n) is 0.980. The summed E-state index contributed by atoms with van der Waals surface area (Å²) in [6.45, 7) is -2.53. The van der Waals surface area contributed by atoms with E-state index in [-0.39, 0.29) is 10.8 Å². The van der Waals surface area contributed by atoms with Crippen LogP contribution in [0, 0.1) is 0 Å². The molecule has 1 N–H and O–H groups in total. The zero-order chi connectivity index (χ0) is 10.8. The van der Waals surface area contributed by atoms with Gasteiger partial charge in [-0.05, 0) is 0 Å². The predicted molar refractivity (Wildman–Crippen MR) is 40.4 cm³/mol. The van der Waals surface area contributed by atoms with Gasteiger partial charge in [0.05, 0.1) is 0 Å². The molecule has 0 spiro atoms. The normalized spacial score (nSPS) is 14.5. The summed E-state index contributed by atoms with van der Waals surface area (Å²) in [5, 5.41) is 1.85. The first kappa shape index (κ1) is 4.66. The van der Waals surface area contributed by atoms with E-state index < -0.39 is 12.9 Å². The van der Waals surface area contributed by atoms with E-state index in [0.29, 0.717) is 0 Å². The van der Waals surface area contributed by atoms with Crippen molar-refractivity contribution in [2.75, 3.05) is 6.98 Å². The number of aromatic nitrogens is 2. The number of hydrogen-bond acceptors (Lipinski definition) is 3. The molecule has 0 bridgehead atoms. The third kappa shape index (κ3) is 1.88. The van der Waals surface area contributed by atoms with Crippen LogP contribution in [-0.4, -0.2) is 22.9 Å². The minimum atomic E-state index is -2.53. The van der Waals surface area contributed by atoms with Crippen molar-refractivity contribution in [3.05, 3.63) is 23.2 Å². The molecule has 1 heterocycles. The zero-order valence-corrected chi connectivity index (χ0v) is 6.09. The Morgan fingerprint density at radius 2 is 2.64 bits per heavy atom. The molecule has 58 valence electrons. The van der Waals surface area contributed by atoms with Crippen LogP contribution in [0.25, 0.3) is 0 Å². The van der Waals surface area contributed by atoms with E-state index in [9.17, 15) is 4.79 Å². The van der Waals surface area contributed by atoms with Crippen molar-refractivity contribution in [1.82, 2.24) is 15.3 Å². The summed E-state index contributed by atoms with van der Waals surface area (Å²) in [6.07, 6.45) is 1.08. The minimum absolute atomic E-state index is 0.0793. The molecule has 0 aliphatic rings. The largest absolute Gasteiger partial charge is 0.354 e. The van der Waals surface area contributed by atoms with E-state index in [1.54, 1.807) is 5.32 Å². The highest BCUT2D eigenvalue weighted by molar-refractivity contribution is 6.29. The topological polar surface area (TPSA) is 54.9 Å². The second-order valence-corrected chi connectivity index (χ2v) is 2.07. The molecule has 1 amide bonds. The maximum atomic E-state index is 11.2. The van der Waals surface area contributed by atoms with Crippen molar-refractivity contribution in [3.8, 4) is 0 Å². The van der Waals surface area contributed by atoms with Gasteiger partial charge in [0.15, 0.2) is 0 Å². The quantitative estimate of drug-likeness (QED) is 0.631. The van der Waals surface area contributed by atoms with E-state index in [4.69, 9.17) is 15.7 Å². The lowest BCUT2D eigenvalue weighted by atomic mass is 10.4. The minimum Gasteiger partial charge on any atom is -0.354 e. The SMILES string of the molecule is [2H]C([2H])([2H])NC(=O)c1cc(Cl)ncn1. The van der Waals surface area contributed by atoms with Gasteiger partial charge in [0.25, 0.3) is 5.91 Å². The fraction of sp³-hybridized carbons (Fsp3) is 0.167. The second-order valence-electron chi connectivity index (χ2n) is 1.68. The lowest BCUT2D eigenvalue weighted by molar-refractivity contribution is 0.0958. The van der Waals surface area contributed by atoms with Crippen LogP contribution >= 0.6 is 11.6 Å². The summed E-state index contributed by atoms with van der Waals surface area (Å²) in [5.74, 6) is -0.811. The lowest BCUT2D eigenvalue weighted by Gasteiger charge is -1.96. The van der Waals surface area contributed by atoms with Crippen molar-refractivity contribution < 1.29 is 8.91 Å². The van der Waals surface area contributed by atoms with Gasteiger partial charge in [-0.15, -0.1) is 0 Å². The summed E-state index contributed by atoms with van der Waals surface area (Å²) in [6, 6.07) is 1.18. The van der Waals surface area contributed by atoms with Crippen LogP contribution in [-0.2, 0) is 0 Å². The molecule has 1 aromatic rings. The molecule has 0 saturated heterocycles. The Kier molecular flexibility index (Phi) is 1.40. The molecule has 0 unspecified atom stereocenters. The Labute approximate surface area is 72.8 Å². The molecular weight excluding hydrogens is 166 g/mol. The molecular formula is C6H6ClN3O. The Morgan fingerprint density at radius 3 is 3.27 bits per heavy atom. The summed E-state index contributed by atoms with van der Waals surface area (Å²) >= 11 is 5.49. The van der Waals surface area contributed by atoms with Gasteiger partial charge in [0.1, 0.15) is 17.2 Å². The zero-order valence-electron chi connectivity index (χ0n) is 8.34. The van der Waals surface area contributed by atoms with Crippen LogP contribution in [0.5, 0.6) is 0 Å². The number of nitrogens with one attached hydrogen (secondary N) is 1. The lowest BCUT2D eigenvalue weighted by Crippen LogP contribution is -2.19. The molecule has 0 saturated carbocycles. The van der Waals surface area contributed by atoms with Crippen LogP contribution in [0.3, 0.4) is 0 Å². The number of hydrogen-bond donors (Lipinski definition) is 1. The molecule has 0 atom stereocenters. The van der Waals surface area contributed by atoms with Gasteiger partial charge in [0.2, 0.25) is 0 Å². The van der Waals surface area contributed by atoms with E-state index >= 15 is 0 Å². The van der Waals surface area contributed by atoms with Gasteiger partial charge in [-0.1, -0.05) is 11.6 Å². The van der Waals surface area contributed by atoms with Crippen LogP contribution in [0.2, 0.25) is 5.15 Å². The number of rotatable bonds is 1. The maximum absolute atomic E-state index is 11.2. The van der Waals surface area contributed by atoms with Gasteiger partial charge in [0, 0.05) is 17.2 Å². The van der Waals surface area contributed by atoms with E-state index in [1.807, 2.05) is 0 Å². The van der Waals surface area contributed by atoms with Gasteiger partial charge in [-0.2, -0.15) is 0 Å². The van der Waals surface area contributed by atoms with Crippen LogP contribution in [0.15, 0.2) is 12.4 Å². The molecule has 1 aromatic heterocycles. The van der Waals surface area contributed by atoms with E-state index in [2.05, 4.69) is 9.97 Å². The van der Waals surface area contributed by atoms with Crippen molar-refractivity contribution in [2.24, 2.45) is 0 Å². The summed E-state index contributed by atoms with van der Waals surface area (Å²) in [5.41, 5.74) is -0.0823. The molecule has 0 fully saturated rings. The van der Waals surface area contributed by atoms with Crippen LogP contribution < -0.4 is 5.32 Å². The number of carbonyl (C=O) groups excluding carboxylic acids is 1. The smallest absolute Gasteiger partial charge is 0.269 e. The third-order valence-corrected chi connectivity index (χ3v) is 1.19. The molecule has 4 nitrogen and oxygen atoms in total. The number of nitrogens with zero attached hydrogens (tertiary/aromatic N) is 2. The Bertz CT molecular complexity index is 354. The summed E-state index contributed by atoms with van der Waals surface area (Å²) < 4.78 is 20.4. The van der Waals surface area contributed by atoms with E-state index in [1.165, 1.54) is 6.07 Å². The fourth-order valence-electron chi connectivity index (χ4n) is 0.522. The Hall–Kier alpha value is -1.16. The van der Waals surface area contributed by atoms with Gasteiger partial charge >= 0.3 is 0 Å². The number of amides is 1. The average molecular weight is 175 g/mol. The van der Waals surface area contributed by atoms with Crippen molar-refractivity contribution in [2.45, 2.75) is 0 Å². The first-order chi connectivity index (χ1) is 6.38. The molecule has 0 radical (unpaired) electrons. The van der Waals surface area contributed by atoms with E-state index in [0.717, 1.165) is 6.33 Å². The highest BCUT2D eigenvalue weighted by Crippen LogP contribution is 2.03. The number of carbonyl (C=O) groups is 1. The highest BCUT2D eigenvalue weighted by atomic mass is 35.5. The first-order valence-corrected chi connectivity index (χ1v) is 3.06. The predicted octanol–water partition coefficient (Wildman–Crippen LogP) is 0.490. The maximum Gasteiger partial charge on any atom is 0.269 e. The standard InChI is InChI=1S/C6H6ClN3O/c1-8-6(11)4-2-5(7)10-3-9-4/h2-3H,1H3,(H,8,11)/i1D3. The molecule has 1 rings (SSSR count). The molecule has 11 heavy (non-hydrogen) atoms. The van der Waals surface area contributed by atoms with Crippen LogP contribution in [0.4, 0.5) is 0 Å². The van der Waals surface area contributed by atoms with Gasteiger partial charge in [-0.3, -0.25) is 4.79 Å². The number of halogens is 1. The van der Waals surface area contributed by atoms with Crippen molar-refractivity contribution in [3.63, 3.8) is 0 Å². The second kappa shape index (κ2) is 3.30. The van der Waals surface area contributed by atoms with Crippen molar-refractivity contribution in [1.29, 1.82) is 0 Å². The fourth-order valence-corrected chi connectivity index (χ4v) is 0.669. The summed E-state index contributed by atoms with van der Waals surface area (Å²) in [7, 11) is 0. The molecule has 0 aromatic carbocycles. The Balaban J connectivity index is 2.80. The average Bonchev–Trinajstić information content (AvgIpc) is 2.01. The molecule has 5 heteroatoms. The molecule has 0 aliphatic heterocycles. The highest BCUT2D eigenvalue weighted by Gasteiger charge is 2.03. The van der Waals surface area contributed by atoms with Crippen molar-refractivity contribution >= 4 is 17.5 Å².